The molecule has 2 unspecified atom stereocenters. The van der Waals surface area contributed by atoms with E-state index in [2.05, 4.69) is 11.8 Å². The van der Waals surface area contributed by atoms with E-state index >= 15 is 0 Å². The summed E-state index contributed by atoms with van der Waals surface area (Å²) in [5, 5.41) is 10.8. The Balaban J connectivity index is 1.79. The van der Waals surface area contributed by atoms with Crippen molar-refractivity contribution in [3.05, 3.63) is 51.3 Å². The van der Waals surface area contributed by atoms with Crippen LogP contribution < -0.4 is 0 Å². The van der Waals surface area contributed by atoms with E-state index in [1.165, 1.54) is 24.3 Å². The van der Waals surface area contributed by atoms with Crippen LogP contribution in [-0.4, -0.2) is 36.0 Å². The molecule has 0 amide bonds. The lowest BCUT2D eigenvalue weighted by atomic mass is 9.80. The van der Waals surface area contributed by atoms with Crippen LogP contribution in [0, 0.1) is 38.7 Å². The molecule has 34 heavy (non-hydrogen) atoms. The predicted molar refractivity (Wildman–Crippen MR) is 120 cm³/mol. The van der Waals surface area contributed by atoms with Gasteiger partial charge in [-0.05, 0) is 76.5 Å². The molecule has 2 atom stereocenters. The maximum atomic E-state index is 12.7. The van der Waals surface area contributed by atoms with Crippen molar-refractivity contribution in [1.29, 1.82) is 0 Å². The Kier molecular flexibility index (Phi) is 7.10. The molecule has 0 aliphatic heterocycles. The number of carbonyl (C=O) groups excluding carboxylic acids is 3. The zero-order valence-corrected chi connectivity index (χ0v) is 19.6. The van der Waals surface area contributed by atoms with Gasteiger partial charge >= 0.3 is 17.9 Å². The summed E-state index contributed by atoms with van der Waals surface area (Å²) in [7, 11) is 0. The largest absolute Gasteiger partial charge is 0.465 e. The molecule has 0 radical (unpaired) electrons. The SMILES string of the molecule is CCOC(=O)C1(C(=O)OCC)CC2CC2(C#CC(OC(=O)c2ccc([N+](=O)[O-])cc2)=C(C)C)C1. The van der Waals surface area contributed by atoms with Gasteiger partial charge in [-0.2, -0.15) is 0 Å². The lowest BCUT2D eigenvalue weighted by molar-refractivity contribution is -0.384. The number of ether oxygens (including phenoxy) is 3. The molecule has 2 aliphatic carbocycles. The highest BCUT2D eigenvalue weighted by Crippen LogP contribution is 2.69. The van der Waals surface area contributed by atoms with Gasteiger partial charge in [-0.25, -0.2) is 4.79 Å². The van der Waals surface area contributed by atoms with Crippen molar-refractivity contribution in [2.75, 3.05) is 13.2 Å². The molecule has 2 fully saturated rings. The maximum Gasteiger partial charge on any atom is 0.344 e. The van der Waals surface area contributed by atoms with Crippen LogP contribution in [0.5, 0.6) is 0 Å². The van der Waals surface area contributed by atoms with Crippen LogP contribution in [0.2, 0.25) is 0 Å². The number of fused-ring (bicyclic) bond motifs is 1. The first kappa shape index (κ1) is 25.0. The molecule has 2 aliphatic rings. The number of non-ortho nitro benzene ring substituents is 1. The van der Waals surface area contributed by atoms with Crippen LogP contribution in [-0.2, 0) is 23.8 Å². The Morgan fingerprint density at radius 2 is 1.65 bits per heavy atom. The van der Waals surface area contributed by atoms with Crippen molar-refractivity contribution >= 4 is 23.6 Å². The van der Waals surface area contributed by atoms with Gasteiger partial charge in [0, 0.05) is 17.5 Å². The Labute approximate surface area is 197 Å². The summed E-state index contributed by atoms with van der Waals surface area (Å²) in [6.45, 7) is 7.16. The molecule has 0 N–H and O–H groups in total. The van der Waals surface area contributed by atoms with E-state index in [9.17, 15) is 24.5 Å². The van der Waals surface area contributed by atoms with Crippen LogP contribution >= 0.6 is 0 Å². The Morgan fingerprint density at radius 3 is 2.15 bits per heavy atom. The fourth-order valence-electron chi connectivity index (χ4n) is 4.33. The monoisotopic (exact) mass is 469 g/mol. The molecule has 0 heterocycles. The molecule has 1 aromatic rings. The van der Waals surface area contributed by atoms with E-state index in [0.29, 0.717) is 12.0 Å². The van der Waals surface area contributed by atoms with Crippen LogP contribution in [0.3, 0.4) is 0 Å². The van der Waals surface area contributed by atoms with E-state index in [1.54, 1.807) is 27.7 Å². The summed E-state index contributed by atoms with van der Waals surface area (Å²) < 4.78 is 15.8. The van der Waals surface area contributed by atoms with E-state index in [-0.39, 0.29) is 42.6 Å². The van der Waals surface area contributed by atoms with Crippen molar-refractivity contribution in [1.82, 2.24) is 0 Å². The fraction of sp³-hybridized carbons (Fsp3) is 0.480. The second-order valence-electron chi connectivity index (χ2n) is 8.73. The normalized spacial score (nSPS) is 21.2. The van der Waals surface area contributed by atoms with Crippen molar-refractivity contribution in [2.24, 2.45) is 16.7 Å². The molecule has 1 aromatic carbocycles. The minimum Gasteiger partial charge on any atom is -0.465 e. The van der Waals surface area contributed by atoms with Crippen molar-refractivity contribution in [3.8, 4) is 11.8 Å². The Hall–Kier alpha value is -3.67. The Bertz CT molecular complexity index is 1090. The number of esters is 3. The number of nitro benzene ring substituents is 1. The number of benzene rings is 1. The average molecular weight is 469 g/mol. The van der Waals surface area contributed by atoms with Gasteiger partial charge in [0.2, 0.25) is 0 Å². The highest BCUT2D eigenvalue weighted by Gasteiger charge is 2.71. The maximum absolute atomic E-state index is 12.7. The quantitative estimate of drug-likeness (QED) is 0.112. The Morgan fingerprint density at radius 1 is 1.06 bits per heavy atom. The van der Waals surface area contributed by atoms with E-state index in [0.717, 1.165) is 6.42 Å². The van der Waals surface area contributed by atoms with Gasteiger partial charge in [-0.3, -0.25) is 19.7 Å². The summed E-state index contributed by atoms with van der Waals surface area (Å²) in [6, 6.07) is 5.08. The van der Waals surface area contributed by atoms with Crippen molar-refractivity contribution in [3.63, 3.8) is 0 Å². The first-order valence-corrected chi connectivity index (χ1v) is 11.1. The van der Waals surface area contributed by atoms with Crippen molar-refractivity contribution < 1.29 is 33.5 Å². The summed E-state index contributed by atoms with van der Waals surface area (Å²) in [6.07, 6.45) is 1.24. The van der Waals surface area contributed by atoms with Crippen LogP contribution in [0.4, 0.5) is 5.69 Å². The van der Waals surface area contributed by atoms with Gasteiger partial charge in [0.25, 0.3) is 5.69 Å². The van der Waals surface area contributed by atoms with Gasteiger partial charge in [-0.15, -0.1) is 0 Å². The van der Waals surface area contributed by atoms with Gasteiger partial charge in [0.15, 0.2) is 11.2 Å². The van der Waals surface area contributed by atoms with Gasteiger partial charge in [-0.1, -0.05) is 5.92 Å². The molecule has 3 rings (SSSR count). The number of hydrogen-bond acceptors (Lipinski definition) is 8. The third kappa shape index (κ3) is 4.81. The lowest BCUT2D eigenvalue weighted by Gasteiger charge is -2.26. The molecular formula is C25H27NO8. The van der Waals surface area contributed by atoms with Gasteiger partial charge in [0.1, 0.15) is 0 Å². The fourth-order valence-corrected chi connectivity index (χ4v) is 4.33. The first-order valence-electron chi connectivity index (χ1n) is 11.1. The molecule has 9 nitrogen and oxygen atoms in total. The van der Waals surface area contributed by atoms with Gasteiger partial charge < -0.3 is 14.2 Å². The van der Waals surface area contributed by atoms with E-state index in [4.69, 9.17) is 14.2 Å². The van der Waals surface area contributed by atoms with E-state index < -0.39 is 33.7 Å². The van der Waals surface area contributed by atoms with Gasteiger partial charge in [0.05, 0.1) is 23.7 Å². The molecule has 0 saturated heterocycles. The second-order valence-corrected chi connectivity index (χ2v) is 8.73. The van der Waals surface area contributed by atoms with E-state index in [1.807, 2.05) is 0 Å². The zero-order chi connectivity index (χ0) is 25.1. The first-order chi connectivity index (χ1) is 16.1. The number of rotatable bonds is 7. The number of hydrogen-bond donors (Lipinski definition) is 0. The van der Waals surface area contributed by atoms with Crippen LogP contribution in [0.15, 0.2) is 35.6 Å². The number of nitrogens with zero attached hydrogens (tertiary/aromatic N) is 1. The number of allylic oxidation sites excluding steroid dienone is 2. The summed E-state index contributed by atoms with van der Waals surface area (Å²) in [5.41, 5.74) is -1.25. The minimum atomic E-state index is -1.37. The highest BCUT2D eigenvalue weighted by molar-refractivity contribution is 6.01. The predicted octanol–water partition coefficient (Wildman–Crippen LogP) is 3.96. The smallest absolute Gasteiger partial charge is 0.344 e. The standard InChI is InChI=1S/C25H27NO8/c1-5-32-22(28)25(23(29)33-6-2)14-18-13-24(18,15-25)12-11-20(16(3)4)34-21(27)17-7-9-19(10-8-17)26(30)31/h7-10,18H,5-6,13-15H2,1-4H3. The molecular weight excluding hydrogens is 442 g/mol. The molecule has 2 saturated carbocycles. The summed E-state index contributed by atoms with van der Waals surface area (Å²) >= 11 is 0. The van der Waals surface area contributed by atoms with Crippen LogP contribution in [0.25, 0.3) is 0 Å². The lowest BCUT2D eigenvalue weighted by Crippen LogP contribution is -2.41. The summed E-state index contributed by atoms with van der Waals surface area (Å²) in [5.74, 6) is 4.41. The average Bonchev–Trinajstić information content (AvgIpc) is 3.36. The molecule has 180 valence electrons. The third-order valence-electron chi connectivity index (χ3n) is 6.16. The van der Waals surface area contributed by atoms with Crippen molar-refractivity contribution in [2.45, 2.75) is 47.0 Å². The zero-order valence-electron chi connectivity index (χ0n) is 19.6. The molecule has 9 heteroatoms. The number of carbonyl (C=O) groups is 3. The van der Waals surface area contributed by atoms with Crippen LogP contribution in [0.1, 0.15) is 57.3 Å². The summed E-state index contributed by atoms with van der Waals surface area (Å²) in [4.78, 5) is 48.2. The minimum absolute atomic E-state index is 0.0394. The third-order valence-corrected chi connectivity index (χ3v) is 6.16. The second kappa shape index (κ2) is 9.67. The topological polar surface area (TPSA) is 122 Å². The molecule has 0 bridgehead atoms. The highest BCUT2D eigenvalue weighted by atomic mass is 16.6. The molecule has 0 aromatic heterocycles. The molecule has 0 spiro atoms. The number of nitro groups is 1.